The van der Waals surface area contributed by atoms with Crippen molar-refractivity contribution in [3.05, 3.63) is 76.7 Å². The van der Waals surface area contributed by atoms with Gasteiger partial charge < -0.3 is 9.72 Å². The summed E-state index contributed by atoms with van der Waals surface area (Å²) < 4.78 is 6.88. The minimum atomic E-state index is -0.114. The van der Waals surface area contributed by atoms with E-state index in [1.165, 1.54) is 6.07 Å². The van der Waals surface area contributed by atoms with Crippen LogP contribution in [0.15, 0.2) is 65.6 Å². The van der Waals surface area contributed by atoms with E-state index in [4.69, 9.17) is 9.72 Å². The summed E-state index contributed by atoms with van der Waals surface area (Å²) in [6, 6.07) is 16.7. The minimum Gasteiger partial charge on any atom is -0.481 e. The Morgan fingerprint density at radius 2 is 2.00 bits per heavy atom. The van der Waals surface area contributed by atoms with Crippen LogP contribution in [-0.2, 0) is 6.54 Å². The van der Waals surface area contributed by atoms with Crippen molar-refractivity contribution >= 4 is 22.1 Å². The molecule has 0 saturated heterocycles. The molecule has 4 heterocycles. The number of pyridine rings is 3. The number of rotatable bonds is 4. The quantitative estimate of drug-likeness (QED) is 0.512. The maximum Gasteiger partial charge on any atom is 0.248 e. The highest BCUT2D eigenvalue weighted by atomic mass is 16.5. The van der Waals surface area contributed by atoms with Crippen molar-refractivity contribution in [3.63, 3.8) is 0 Å². The van der Waals surface area contributed by atoms with Crippen LogP contribution in [0.4, 0.5) is 0 Å². The average Bonchev–Trinajstić information content (AvgIpc) is 3.16. The predicted octanol–water partition coefficient (Wildman–Crippen LogP) is 2.79. The Kier molecular flexibility index (Phi) is 4.02. The zero-order valence-electron chi connectivity index (χ0n) is 15.5. The molecule has 0 aliphatic heterocycles. The molecule has 8 heteroatoms. The van der Waals surface area contributed by atoms with Gasteiger partial charge in [0.05, 0.1) is 19.3 Å². The van der Waals surface area contributed by atoms with Gasteiger partial charge in [-0.15, -0.1) is 5.10 Å². The molecule has 8 nitrogen and oxygen atoms in total. The fraction of sp³-hybridized carbons (Fsp3) is 0.0952. The average molecular weight is 384 g/mol. The molecule has 142 valence electrons. The Labute approximate surface area is 164 Å². The molecule has 0 atom stereocenters. The second kappa shape index (κ2) is 6.83. The third-order valence-corrected chi connectivity index (χ3v) is 4.72. The van der Waals surface area contributed by atoms with Gasteiger partial charge in [-0.25, -0.2) is 14.6 Å². The fourth-order valence-electron chi connectivity index (χ4n) is 3.25. The van der Waals surface area contributed by atoms with E-state index in [-0.39, 0.29) is 5.56 Å². The van der Waals surface area contributed by atoms with Crippen molar-refractivity contribution in [2.45, 2.75) is 6.54 Å². The van der Waals surface area contributed by atoms with Gasteiger partial charge in [-0.1, -0.05) is 11.3 Å². The zero-order chi connectivity index (χ0) is 19.8. The molecule has 5 aromatic rings. The number of ether oxygens (including phenoxy) is 1. The Hall–Kier alpha value is -4.07. The van der Waals surface area contributed by atoms with Gasteiger partial charge in [-0.2, -0.15) is 0 Å². The highest BCUT2D eigenvalue weighted by Gasteiger charge is 2.10. The van der Waals surface area contributed by atoms with E-state index in [9.17, 15) is 4.79 Å². The highest BCUT2D eigenvalue weighted by Crippen LogP contribution is 2.21. The standard InChI is InChI=1S/C21H16N6O2/c1-29-20-9-4-15(11-22-20)17-6-7-18-21(24-17)27(26-25-18)12-13-2-5-16-14(10-13)3-8-19(28)23-16/h2-11H,12H2,1H3,(H,23,28). The largest absolute Gasteiger partial charge is 0.481 e. The monoisotopic (exact) mass is 384 g/mol. The van der Waals surface area contributed by atoms with Crippen molar-refractivity contribution in [1.29, 1.82) is 0 Å². The number of fused-ring (bicyclic) bond motifs is 2. The number of methoxy groups -OCH3 is 1. The Morgan fingerprint density at radius 1 is 1.07 bits per heavy atom. The highest BCUT2D eigenvalue weighted by molar-refractivity contribution is 5.79. The summed E-state index contributed by atoms with van der Waals surface area (Å²) in [7, 11) is 1.58. The summed E-state index contributed by atoms with van der Waals surface area (Å²) in [4.78, 5) is 23.3. The van der Waals surface area contributed by atoms with Crippen molar-refractivity contribution in [2.24, 2.45) is 0 Å². The number of hydrogen-bond acceptors (Lipinski definition) is 6. The lowest BCUT2D eigenvalue weighted by Crippen LogP contribution is -2.05. The Balaban J connectivity index is 1.51. The second-order valence-electron chi connectivity index (χ2n) is 6.62. The minimum absolute atomic E-state index is 0.114. The van der Waals surface area contributed by atoms with Crippen LogP contribution < -0.4 is 10.3 Å². The summed E-state index contributed by atoms with van der Waals surface area (Å²) in [5, 5.41) is 9.44. The molecule has 0 amide bonds. The van der Waals surface area contributed by atoms with E-state index in [2.05, 4.69) is 20.3 Å². The predicted molar refractivity (Wildman–Crippen MR) is 109 cm³/mol. The van der Waals surface area contributed by atoms with Crippen LogP contribution in [0.1, 0.15) is 5.56 Å². The molecule has 0 fully saturated rings. The molecule has 0 saturated carbocycles. The molecule has 0 aliphatic rings. The summed E-state index contributed by atoms with van der Waals surface area (Å²) in [5.74, 6) is 0.555. The molecular formula is C21H16N6O2. The maximum absolute atomic E-state index is 11.5. The molecule has 1 N–H and O–H groups in total. The summed E-state index contributed by atoms with van der Waals surface area (Å²) in [6.07, 6.45) is 1.73. The molecule has 5 rings (SSSR count). The molecule has 4 aromatic heterocycles. The number of H-pyrrole nitrogens is 1. The molecule has 0 radical (unpaired) electrons. The van der Waals surface area contributed by atoms with Crippen LogP contribution in [0, 0.1) is 0 Å². The molecular weight excluding hydrogens is 368 g/mol. The van der Waals surface area contributed by atoms with Crippen molar-refractivity contribution < 1.29 is 4.74 Å². The molecule has 0 unspecified atom stereocenters. The first-order valence-electron chi connectivity index (χ1n) is 9.02. The molecule has 0 spiro atoms. The summed E-state index contributed by atoms with van der Waals surface area (Å²) in [5.41, 5.74) is 4.81. The van der Waals surface area contributed by atoms with E-state index in [0.29, 0.717) is 18.1 Å². The lowest BCUT2D eigenvalue weighted by molar-refractivity contribution is 0.398. The number of hydrogen-bond donors (Lipinski definition) is 1. The number of aromatic amines is 1. The maximum atomic E-state index is 11.5. The van der Waals surface area contributed by atoms with E-state index < -0.39 is 0 Å². The first kappa shape index (κ1) is 17.1. The van der Waals surface area contributed by atoms with E-state index in [1.54, 1.807) is 24.1 Å². The van der Waals surface area contributed by atoms with E-state index in [1.807, 2.05) is 42.5 Å². The second-order valence-corrected chi connectivity index (χ2v) is 6.62. The van der Waals surface area contributed by atoms with Gasteiger partial charge in [0.15, 0.2) is 5.65 Å². The van der Waals surface area contributed by atoms with Gasteiger partial charge >= 0.3 is 0 Å². The number of nitrogens with zero attached hydrogens (tertiary/aromatic N) is 5. The first-order valence-corrected chi connectivity index (χ1v) is 9.02. The number of aromatic nitrogens is 6. The van der Waals surface area contributed by atoms with Gasteiger partial charge in [0.2, 0.25) is 11.4 Å². The first-order chi connectivity index (χ1) is 14.2. The van der Waals surface area contributed by atoms with Gasteiger partial charge in [0, 0.05) is 29.4 Å². The third-order valence-electron chi connectivity index (χ3n) is 4.72. The van der Waals surface area contributed by atoms with Gasteiger partial charge in [-0.05, 0) is 47.3 Å². The van der Waals surface area contributed by atoms with Crippen molar-refractivity contribution in [2.75, 3.05) is 7.11 Å². The Bertz CT molecular complexity index is 1390. The number of nitrogens with one attached hydrogen (secondary N) is 1. The van der Waals surface area contributed by atoms with Gasteiger partial charge in [0.1, 0.15) is 5.52 Å². The zero-order valence-corrected chi connectivity index (χ0v) is 15.5. The summed E-state index contributed by atoms with van der Waals surface area (Å²) >= 11 is 0. The van der Waals surface area contributed by atoms with Crippen LogP contribution in [0.5, 0.6) is 5.88 Å². The van der Waals surface area contributed by atoms with Crippen LogP contribution >= 0.6 is 0 Å². The van der Waals surface area contributed by atoms with E-state index >= 15 is 0 Å². The Morgan fingerprint density at radius 3 is 2.83 bits per heavy atom. The molecule has 0 bridgehead atoms. The van der Waals surface area contributed by atoms with Crippen LogP contribution in [0.25, 0.3) is 33.3 Å². The lowest BCUT2D eigenvalue weighted by Gasteiger charge is -2.06. The van der Waals surface area contributed by atoms with Crippen LogP contribution in [0.2, 0.25) is 0 Å². The molecule has 0 aliphatic carbocycles. The normalized spacial score (nSPS) is 11.2. The fourth-order valence-corrected chi connectivity index (χ4v) is 3.25. The van der Waals surface area contributed by atoms with Gasteiger partial charge in [-0.3, -0.25) is 4.79 Å². The van der Waals surface area contributed by atoms with Crippen molar-refractivity contribution in [1.82, 2.24) is 29.9 Å². The van der Waals surface area contributed by atoms with E-state index in [0.717, 1.165) is 33.2 Å². The van der Waals surface area contributed by atoms with Crippen molar-refractivity contribution in [3.8, 4) is 17.1 Å². The summed E-state index contributed by atoms with van der Waals surface area (Å²) in [6.45, 7) is 0.517. The molecule has 1 aromatic carbocycles. The van der Waals surface area contributed by atoms with Crippen LogP contribution in [-0.4, -0.2) is 37.1 Å². The lowest BCUT2D eigenvalue weighted by atomic mass is 10.1. The number of benzene rings is 1. The van der Waals surface area contributed by atoms with Gasteiger partial charge in [0.25, 0.3) is 0 Å². The van der Waals surface area contributed by atoms with Crippen LogP contribution in [0.3, 0.4) is 0 Å². The SMILES string of the molecule is COc1ccc(-c2ccc3nnn(Cc4ccc5[nH]c(=O)ccc5c4)c3n2)cn1. The third kappa shape index (κ3) is 3.20. The smallest absolute Gasteiger partial charge is 0.248 e. The molecule has 29 heavy (non-hydrogen) atoms. The topological polar surface area (TPSA) is 98.6 Å².